The largest absolute Gasteiger partial charge is 0.310 e. The van der Waals surface area contributed by atoms with Crippen LogP contribution in [-0.4, -0.2) is 4.57 Å². The molecule has 1 aliphatic rings. The lowest BCUT2D eigenvalue weighted by molar-refractivity contribution is 0.768. The minimum absolute atomic E-state index is 0.453. The number of fused-ring (bicyclic) bond motifs is 6. The molecular formula is C67H46N2. The van der Waals surface area contributed by atoms with Gasteiger partial charge in [0.05, 0.1) is 16.4 Å². The Labute approximate surface area is 403 Å². The normalized spacial score (nSPS) is 12.5. The molecule has 0 bridgehead atoms. The molecule has 0 N–H and O–H groups in total. The Morgan fingerprint density at radius 2 is 0.783 bits per heavy atom. The molecule has 12 aromatic rings. The van der Waals surface area contributed by atoms with Gasteiger partial charge in [0.15, 0.2) is 0 Å². The third-order valence-corrected chi connectivity index (χ3v) is 14.2. The van der Waals surface area contributed by atoms with E-state index in [1.807, 2.05) is 0 Å². The fourth-order valence-electron chi connectivity index (χ4n) is 11.2. The van der Waals surface area contributed by atoms with Crippen LogP contribution in [0.4, 0.5) is 17.1 Å². The summed E-state index contributed by atoms with van der Waals surface area (Å²) in [5, 5.41) is 2.48. The van der Waals surface area contributed by atoms with Gasteiger partial charge in [0.2, 0.25) is 0 Å². The molecule has 0 atom stereocenters. The van der Waals surface area contributed by atoms with Crippen LogP contribution >= 0.6 is 0 Å². The Morgan fingerprint density at radius 1 is 0.275 bits per heavy atom. The van der Waals surface area contributed by atoms with E-state index in [4.69, 9.17) is 0 Å². The lowest BCUT2D eigenvalue weighted by atomic mass is 9.68. The highest BCUT2D eigenvalue weighted by molar-refractivity contribution is 6.10. The van der Waals surface area contributed by atoms with E-state index in [2.05, 4.69) is 289 Å². The van der Waals surface area contributed by atoms with Crippen molar-refractivity contribution < 1.29 is 0 Å². The van der Waals surface area contributed by atoms with Crippen molar-refractivity contribution in [3.05, 3.63) is 301 Å². The van der Waals surface area contributed by atoms with E-state index < -0.39 is 5.41 Å². The average Bonchev–Trinajstić information content (AvgIpc) is 3.92. The van der Waals surface area contributed by atoms with E-state index in [1.165, 1.54) is 83.0 Å². The summed E-state index contributed by atoms with van der Waals surface area (Å²) in [7, 11) is 0. The fraction of sp³-hybridized carbons (Fsp3) is 0.0149. The molecule has 1 aliphatic carbocycles. The minimum atomic E-state index is -0.453. The number of benzene rings is 11. The maximum atomic E-state index is 2.41. The van der Waals surface area contributed by atoms with E-state index in [-0.39, 0.29) is 0 Å². The van der Waals surface area contributed by atoms with Crippen LogP contribution in [0.3, 0.4) is 0 Å². The van der Waals surface area contributed by atoms with Gasteiger partial charge in [0, 0.05) is 33.5 Å². The highest BCUT2D eigenvalue weighted by Gasteiger charge is 2.46. The monoisotopic (exact) mass is 878 g/mol. The molecule has 1 heterocycles. The van der Waals surface area contributed by atoms with Crippen LogP contribution in [0.2, 0.25) is 0 Å². The van der Waals surface area contributed by atoms with Crippen LogP contribution in [-0.2, 0) is 5.41 Å². The lowest BCUT2D eigenvalue weighted by Gasteiger charge is -2.34. The van der Waals surface area contributed by atoms with Gasteiger partial charge < -0.3 is 9.47 Å². The fourth-order valence-corrected chi connectivity index (χ4v) is 11.2. The Kier molecular flexibility index (Phi) is 9.77. The number of para-hydroxylation sites is 2. The number of aromatic nitrogens is 1. The number of hydrogen-bond acceptors (Lipinski definition) is 1. The smallest absolute Gasteiger partial charge is 0.0713 e. The number of anilines is 3. The SMILES string of the molecule is c1ccc(-c2cccc(-n3c4ccccc4c4cc(-c5cccc(-c6cccc(N(c7ccccc7)c7ccc8c(c7)-c7ccccc7C8(c7ccccc7)c7ccccc7)c6)c5)ccc43)c2)cc1. The molecule has 0 spiro atoms. The molecule has 0 amide bonds. The molecule has 0 aliphatic heterocycles. The molecule has 69 heavy (non-hydrogen) atoms. The maximum absolute atomic E-state index is 2.41. The van der Waals surface area contributed by atoms with Crippen LogP contribution in [0.15, 0.2) is 279 Å². The standard InChI is InChI=1S/C67H46N2/c1-5-20-47(21-6-1)50-24-18-33-57(43-50)69-65-37-16-14-35-60(65)62-45-52(38-41-66(62)69)49-23-17-22-48(42-49)51-25-19-32-56(44-51)68(55-30-11-4-12-31-55)58-39-40-64-61(46-58)59-34-13-15-36-63(59)67(64,53-26-7-2-8-27-53)54-28-9-3-10-29-54/h1-46H. The summed E-state index contributed by atoms with van der Waals surface area (Å²) >= 11 is 0. The predicted octanol–water partition coefficient (Wildman–Crippen LogP) is 17.6. The second-order valence-corrected chi connectivity index (χ2v) is 18.1. The maximum Gasteiger partial charge on any atom is 0.0713 e. The first-order valence-electron chi connectivity index (χ1n) is 23.8. The number of nitrogens with zero attached hydrogens (tertiary/aromatic N) is 2. The summed E-state index contributed by atoms with van der Waals surface area (Å²) in [5.41, 5.74) is 21.2. The topological polar surface area (TPSA) is 8.17 Å². The summed E-state index contributed by atoms with van der Waals surface area (Å²) in [6.45, 7) is 0. The predicted molar refractivity (Wildman–Crippen MR) is 289 cm³/mol. The highest BCUT2D eigenvalue weighted by atomic mass is 15.1. The average molecular weight is 879 g/mol. The van der Waals surface area contributed by atoms with Gasteiger partial charge in [-0.05, 0) is 140 Å². The molecule has 1 aromatic heterocycles. The Balaban J connectivity index is 0.899. The number of hydrogen-bond donors (Lipinski definition) is 0. The van der Waals surface area contributed by atoms with E-state index in [9.17, 15) is 0 Å². The van der Waals surface area contributed by atoms with E-state index in [1.54, 1.807) is 0 Å². The Bertz CT molecular complexity index is 3790. The van der Waals surface area contributed by atoms with E-state index >= 15 is 0 Å². The Morgan fingerprint density at radius 3 is 1.52 bits per heavy atom. The molecule has 11 aromatic carbocycles. The van der Waals surface area contributed by atoms with Gasteiger partial charge in [-0.3, -0.25) is 0 Å². The molecule has 324 valence electrons. The quantitative estimate of drug-likeness (QED) is 0.140. The highest BCUT2D eigenvalue weighted by Crippen LogP contribution is 2.57. The third kappa shape index (κ3) is 6.72. The van der Waals surface area contributed by atoms with Crippen molar-refractivity contribution in [2.45, 2.75) is 5.41 Å². The van der Waals surface area contributed by atoms with Crippen LogP contribution in [0.1, 0.15) is 22.3 Å². The van der Waals surface area contributed by atoms with Crippen molar-refractivity contribution in [1.82, 2.24) is 4.57 Å². The van der Waals surface area contributed by atoms with Crippen LogP contribution < -0.4 is 4.90 Å². The van der Waals surface area contributed by atoms with Gasteiger partial charge >= 0.3 is 0 Å². The third-order valence-electron chi connectivity index (χ3n) is 14.2. The molecule has 0 radical (unpaired) electrons. The molecular weight excluding hydrogens is 833 g/mol. The molecule has 0 saturated heterocycles. The number of rotatable bonds is 9. The molecule has 2 nitrogen and oxygen atoms in total. The minimum Gasteiger partial charge on any atom is -0.310 e. The van der Waals surface area contributed by atoms with Gasteiger partial charge in [-0.25, -0.2) is 0 Å². The lowest BCUT2D eigenvalue weighted by Crippen LogP contribution is -2.28. The summed E-state index contributed by atoms with van der Waals surface area (Å²) < 4.78 is 2.41. The summed E-state index contributed by atoms with van der Waals surface area (Å²) in [6.07, 6.45) is 0. The van der Waals surface area contributed by atoms with Gasteiger partial charge in [-0.15, -0.1) is 0 Å². The van der Waals surface area contributed by atoms with Crippen LogP contribution in [0.25, 0.3) is 72.0 Å². The van der Waals surface area contributed by atoms with Crippen molar-refractivity contribution in [3.8, 4) is 50.2 Å². The van der Waals surface area contributed by atoms with Crippen molar-refractivity contribution in [2.24, 2.45) is 0 Å². The first kappa shape index (κ1) is 40.3. The van der Waals surface area contributed by atoms with Gasteiger partial charge in [-0.1, -0.05) is 206 Å². The van der Waals surface area contributed by atoms with Gasteiger partial charge in [0.25, 0.3) is 0 Å². The Hall–Kier alpha value is -8.98. The summed E-state index contributed by atoms with van der Waals surface area (Å²) in [5.74, 6) is 0. The molecule has 0 saturated carbocycles. The van der Waals surface area contributed by atoms with E-state index in [0.29, 0.717) is 0 Å². The van der Waals surface area contributed by atoms with Crippen LogP contribution in [0.5, 0.6) is 0 Å². The van der Waals surface area contributed by atoms with Gasteiger partial charge in [-0.2, -0.15) is 0 Å². The van der Waals surface area contributed by atoms with Crippen LogP contribution in [0, 0.1) is 0 Å². The second kappa shape index (κ2) is 16.7. The zero-order valence-electron chi connectivity index (χ0n) is 38.0. The zero-order chi connectivity index (χ0) is 45.7. The second-order valence-electron chi connectivity index (χ2n) is 18.1. The molecule has 13 rings (SSSR count). The van der Waals surface area contributed by atoms with E-state index in [0.717, 1.165) is 28.3 Å². The first-order valence-corrected chi connectivity index (χ1v) is 23.8. The molecule has 2 heteroatoms. The molecule has 0 unspecified atom stereocenters. The summed E-state index contributed by atoms with van der Waals surface area (Å²) in [6, 6.07) is 102. The van der Waals surface area contributed by atoms with Crippen molar-refractivity contribution in [1.29, 1.82) is 0 Å². The van der Waals surface area contributed by atoms with Crippen molar-refractivity contribution in [3.63, 3.8) is 0 Å². The zero-order valence-corrected chi connectivity index (χ0v) is 38.0. The van der Waals surface area contributed by atoms with Gasteiger partial charge in [0.1, 0.15) is 0 Å². The van der Waals surface area contributed by atoms with Crippen molar-refractivity contribution >= 4 is 38.9 Å². The summed E-state index contributed by atoms with van der Waals surface area (Å²) in [4.78, 5) is 2.40. The molecule has 0 fully saturated rings. The van der Waals surface area contributed by atoms with Crippen molar-refractivity contribution in [2.75, 3.05) is 4.90 Å². The first-order chi connectivity index (χ1) is 34.2.